The van der Waals surface area contributed by atoms with E-state index < -0.39 is 5.97 Å². The molecule has 0 unspecified atom stereocenters. The molecule has 0 atom stereocenters. The lowest BCUT2D eigenvalue weighted by Gasteiger charge is -2.30. The van der Waals surface area contributed by atoms with E-state index >= 15 is 0 Å². The number of hydrogen-bond acceptors (Lipinski definition) is 3. The summed E-state index contributed by atoms with van der Waals surface area (Å²) in [5.41, 5.74) is 0.550. The highest BCUT2D eigenvalue weighted by Crippen LogP contribution is 2.07. The minimum Gasteiger partial charge on any atom is -0.452 e. The molecule has 1 amide bonds. The number of nitrogens with zero attached hydrogens (tertiary/aromatic N) is 1. The molecule has 4 nitrogen and oxygen atoms in total. The number of amides is 1. The van der Waals surface area contributed by atoms with Crippen molar-refractivity contribution in [1.29, 1.82) is 0 Å². The Morgan fingerprint density at radius 3 is 2.41 bits per heavy atom. The third-order valence-electron chi connectivity index (χ3n) is 3.00. The number of benzene rings is 1. The molecule has 22 heavy (non-hydrogen) atoms. The largest absolute Gasteiger partial charge is 0.452 e. The first-order valence-corrected chi connectivity index (χ1v) is 7.23. The van der Waals surface area contributed by atoms with Crippen LogP contribution < -0.4 is 0 Å². The van der Waals surface area contributed by atoms with E-state index in [0.717, 1.165) is 0 Å². The van der Waals surface area contributed by atoms with Crippen LogP contribution in [0, 0.1) is 5.82 Å². The lowest BCUT2D eigenvalue weighted by atomic mass is 10.2. The maximum Gasteiger partial charge on any atom is 0.331 e. The van der Waals surface area contributed by atoms with Crippen molar-refractivity contribution in [3.8, 4) is 0 Å². The van der Waals surface area contributed by atoms with Crippen molar-refractivity contribution in [2.45, 2.75) is 39.8 Å². The molecule has 0 N–H and O–H groups in total. The Morgan fingerprint density at radius 1 is 1.23 bits per heavy atom. The van der Waals surface area contributed by atoms with Gasteiger partial charge in [-0.05, 0) is 51.5 Å². The van der Waals surface area contributed by atoms with Crippen LogP contribution in [-0.2, 0) is 14.3 Å². The fourth-order valence-electron chi connectivity index (χ4n) is 2.20. The van der Waals surface area contributed by atoms with E-state index in [9.17, 15) is 14.0 Å². The fourth-order valence-corrected chi connectivity index (χ4v) is 2.20. The molecular formula is C17H22FNO3. The first-order valence-electron chi connectivity index (χ1n) is 7.23. The van der Waals surface area contributed by atoms with E-state index in [4.69, 9.17) is 4.74 Å². The van der Waals surface area contributed by atoms with Crippen molar-refractivity contribution >= 4 is 18.0 Å². The number of rotatable bonds is 6. The van der Waals surface area contributed by atoms with E-state index in [2.05, 4.69) is 0 Å². The summed E-state index contributed by atoms with van der Waals surface area (Å²) in [6.45, 7) is 7.32. The molecule has 1 rings (SSSR count). The number of hydrogen-bond donors (Lipinski definition) is 0. The minimum absolute atomic E-state index is 0.0361. The molecular weight excluding hydrogens is 285 g/mol. The molecule has 0 saturated carbocycles. The van der Waals surface area contributed by atoms with Gasteiger partial charge < -0.3 is 9.64 Å². The van der Waals surface area contributed by atoms with Crippen molar-refractivity contribution in [3.63, 3.8) is 0 Å². The first-order chi connectivity index (χ1) is 10.3. The maximum absolute atomic E-state index is 13.0. The van der Waals surface area contributed by atoms with E-state index in [1.54, 1.807) is 17.0 Å². The smallest absolute Gasteiger partial charge is 0.331 e. The number of halogens is 1. The van der Waals surface area contributed by atoms with Gasteiger partial charge in [0.25, 0.3) is 5.91 Å². The number of ether oxygens (including phenoxy) is 1. The molecule has 0 aromatic heterocycles. The summed E-state index contributed by atoms with van der Waals surface area (Å²) < 4.78 is 17.9. The second kappa shape index (κ2) is 8.32. The SMILES string of the molecule is CC(C)N(C(=O)COC(=O)C=Cc1cccc(F)c1)C(C)C. The van der Waals surface area contributed by atoms with Gasteiger partial charge in [0.15, 0.2) is 6.61 Å². The molecule has 0 fully saturated rings. The van der Waals surface area contributed by atoms with Crippen LogP contribution in [0.3, 0.4) is 0 Å². The van der Waals surface area contributed by atoms with E-state index in [1.807, 2.05) is 27.7 Å². The monoisotopic (exact) mass is 307 g/mol. The summed E-state index contributed by atoms with van der Waals surface area (Å²) in [6, 6.07) is 5.90. The number of carbonyl (C=O) groups excluding carboxylic acids is 2. The molecule has 0 aliphatic carbocycles. The van der Waals surface area contributed by atoms with Crippen molar-refractivity contribution in [1.82, 2.24) is 4.90 Å². The third kappa shape index (κ3) is 5.68. The first kappa shape index (κ1) is 17.9. The topological polar surface area (TPSA) is 46.6 Å². The highest BCUT2D eigenvalue weighted by Gasteiger charge is 2.20. The highest BCUT2D eigenvalue weighted by atomic mass is 19.1. The molecule has 1 aromatic carbocycles. The summed E-state index contributed by atoms with van der Waals surface area (Å²) in [7, 11) is 0. The average Bonchev–Trinajstić information content (AvgIpc) is 2.42. The number of carbonyl (C=O) groups is 2. The zero-order valence-electron chi connectivity index (χ0n) is 13.4. The molecule has 0 aliphatic rings. The van der Waals surface area contributed by atoms with Crippen molar-refractivity contribution < 1.29 is 18.7 Å². The normalized spacial score (nSPS) is 11.2. The lowest BCUT2D eigenvalue weighted by Crippen LogP contribution is -2.44. The average molecular weight is 307 g/mol. The van der Waals surface area contributed by atoms with Crippen molar-refractivity contribution in [2.24, 2.45) is 0 Å². The van der Waals surface area contributed by atoms with E-state index in [-0.39, 0.29) is 30.4 Å². The second-order valence-electron chi connectivity index (χ2n) is 5.48. The lowest BCUT2D eigenvalue weighted by molar-refractivity contribution is -0.150. The van der Waals surface area contributed by atoms with Gasteiger partial charge in [0.1, 0.15) is 5.82 Å². The van der Waals surface area contributed by atoms with Crippen LogP contribution >= 0.6 is 0 Å². The predicted molar refractivity (Wildman–Crippen MR) is 83.5 cm³/mol. The van der Waals surface area contributed by atoms with Gasteiger partial charge in [-0.2, -0.15) is 0 Å². The van der Waals surface area contributed by atoms with E-state index in [1.165, 1.54) is 24.3 Å². The zero-order valence-corrected chi connectivity index (χ0v) is 13.4. The van der Waals surface area contributed by atoms with Gasteiger partial charge in [-0.25, -0.2) is 9.18 Å². The van der Waals surface area contributed by atoms with Gasteiger partial charge >= 0.3 is 5.97 Å². The maximum atomic E-state index is 13.0. The Hall–Kier alpha value is -2.17. The quantitative estimate of drug-likeness (QED) is 0.599. The highest BCUT2D eigenvalue weighted by molar-refractivity contribution is 5.89. The van der Waals surface area contributed by atoms with Gasteiger partial charge in [-0.15, -0.1) is 0 Å². The Bertz CT molecular complexity index is 545. The molecule has 0 bridgehead atoms. The molecule has 5 heteroatoms. The molecule has 0 aliphatic heterocycles. The van der Waals surface area contributed by atoms with Crippen LogP contribution in [0.25, 0.3) is 6.08 Å². The van der Waals surface area contributed by atoms with Gasteiger partial charge in [0.2, 0.25) is 0 Å². The van der Waals surface area contributed by atoms with Gasteiger partial charge in [0, 0.05) is 18.2 Å². The minimum atomic E-state index is -0.634. The summed E-state index contributed by atoms with van der Waals surface area (Å²) in [5.74, 6) is -1.25. The Morgan fingerprint density at radius 2 is 1.86 bits per heavy atom. The van der Waals surface area contributed by atoms with Crippen molar-refractivity contribution in [3.05, 3.63) is 41.7 Å². The standard InChI is InChI=1S/C17H22FNO3/c1-12(2)19(13(3)4)16(20)11-22-17(21)9-8-14-6-5-7-15(18)10-14/h5-10,12-13H,11H2,1-4H3. The zero-order chi connectivity index (χ0) is 16.7. The van der Waals surface area contributed by atoms with E-state index in [0.29, 0.717) is 5.56 Å². The summed E-state index contributed by atoms with van der Waals surface area (Å²) >= 11 is 0. The molecule has 0 heterocycles. The summed E-state index contributed by atoms with van der Waals surface area (Å²) in [4.78, 5) is 25.3. The molecule has 120 valence electrons. The van der Waals surface area contributed by atoms with Crippen molar-refractivity contribution in [2.75, 3.05) is 6.61 Å². The number of esters is 1. The molecule has 0 saturated heterocycles. The van der Waals surface area contributed by atoms with Gasteiger partial charge in [0.05, 0.1) is 0 Å². The fraction of sp³-hybridized carbons (Fsp3) is 0.412. The van der Waals surface area contributed by atoms with Crippen LogP contribution in [0.4, 0.5) is 4.39 Å². The molecule has 0 spiro atoms. The second-order valence-corrected chi connectivity index (χ2v) is 5.48. The van der Waals surface area contributed by atoms with Gasteiger partial charge in [-0.1, -0.05) is 12.1 Å². The van der Waals surface area contributed by atoms with Crippen LogP contribution in [0.2, 0.25) is 0 Å². The Balaban J connectivity index is 2.54. The molecule has 0 radical (unpaired) electrons. The molecule has 1 aromatic rings. The summed E-state index contributed by atoms with van der Waals surface area (Å²) in [5, 5.41) is 0. The van der Waals surface area contributed by atoms with Gasteiger partial charge in [-0.3, -0.25) is 4.79 Å². The van der Waals surface area contributed by atoms with Crippen LogP contribution in [0.5, 0.6) is 0 Å². The van der Waals surface area contributed by atoms with Crippen LogP contribution in [-0.4, -0.2) is 35.5 Å². The van der Waals surface area contributed by atoms with Crippen LogP contribution in [0.1, 0.15) is 33.3 Å². The van der Waals surface area contributed by atoms with Crippen LogP contribution in [0.15, 0.2) is 30.3 Å². The third-order valence-corrected chi connectivity index (χ3v) is 3.00. The Kier molecular flexibility index (Phi) is 6.76. The Labute approximate surface area is 130 Å². The summed E-state index contributed by atoms with van der Waals surface area (Å²) in [6.07, 6.45) is 2.62. The predicted octanol–water partition coefficient (Wildman–Crippen LogP) is 3.03.